The van der Waals surface area contributed by atoms with E-state index in [2.05, 4.69) is 13.6 Å². The molecule has 1 aliphatic rings. The monoisotopic (exact) mass is 241 g/mol. The van der Waals surface area contributed by atoms with E-state index in [0.29, 0.717) is 0 Å². The molecule has 0 unspecified atom stereocenters. The van der Waals surface area contributed by atoms with E-state index in [-0.39, 0.29) is 5.91 Å². The molecule has 1 saturated heterocycles. The van der Waals surface area contributed by atoms with Crippen LogP contribution in [0.2, 0.25) is 0 Å². The van der Waals surface area contributed by atoms with Crippen molar-refractivity contribution < 1.29 is 21.1 Å². The van der Waals surface area contributed by atoms with Gasteiger partial charge in [-0.25, -0.2) is 0 Å². The molecule has 1 heterocycles. The average molecular weight is 243 g/mol. The standard InChI is InChI=1S/C5H8NO.BrH.Zn/c1-6-4-2-3-5(6)7;;/h3H,2,4H2,1H3;1H;/q-1;;+2/p-1. The van der Waals surface area contributed by atoms with Crippen molar-refractivity contribution in [1.29, 1.82) is 0 Å². The Labute approximate surface area is 72.0 Å². The summed E-state index contributed by atoms with van der Waals surface area (Å²) in [6, 6.07) is 0. The molecule has 0 aliphatic carbocycles. The number of hydrogen-bond acceptors (Lipinski definition) is 1. The Morgan fingerprint density at radius 1 is 1.78 bits per heavy atom. The molecule has 0 spiro atoms. The van der Waals surface area contributed by atoms with Crippen LogP contribution in [0.3, 0.4) is 0 Å². The predicted octanol–water partition coefficient (Wildman–Crippen LogP) is 0.896. The second-order valence-corrected chi connectivity index (χ2v) is 1.75. The van der Waals surface area contributed by atoms with Crippen LogP contribution in [0.4, 0.5) is 0 Å². The van der Waals surface area contributed by atoms with Crippen molar-refractivity contribution in [3.8, 4) is 0 Å². The Kier molecular flexibility index (Phi) is 5.50. The molecule has 1 aliphatic heterocycles. The van der Waals surface area contributed by atoms with Gasteiger partial charge in [0.25, 0.3) is 0 Å². The molecule has 4 heteroatoms. The molecule has 0 radical (unpaired) electrons. The Hall–Kier alpha value is 0.443. The molecule has 1 fully saturated rings. The molecule has 9 heavy (non-hydrogen) atoms. The topological polar surface area (TPSA) is 20.3 Å². The molecule has 0 aromatic heterocycles. The molecule has 0 saturated carbocycles. The van der Waals surface area contributed by atoms with Gasteiger partial charge >= 0.3 is 30.0 Å². The molecule has 1 rings (SSSR count). The van der Waals surface area contributed by atoms with Gasteiger partial charge in [-0.3, -0.25) is 0 Å². The molecule has 0 aromatic rings. The van der Waals surface area contributed by atoms with Crippen LogP contribution in [0, 0.1) is 6.42 Å². The molecule has 0 bridgehead atoms. The second-order valence-electron chi connectivity index (χ2n) is 1.75. The molecule has 0 atom stereocenters. The van der Waals surface area contributed by atoms with Crippen LogP contribution in [0.5, 0.6) is 0 Å². The summed E-state index contributed by atoms with van der Waals surface area (Å²) in [6.07, 6.45) is 2.63. The zero-order valence-corrected chi connectivity index (χ0v) is 9.99. The summed E-state index contributed by atoms with van der Waals surface area (Å²) in [4.78, 5) is 12.2. The van der Waals surface area contributed by atoms with Crippen LogP contribution in [0.25, 0.3) is 0 Å². The second kappa shape index (κ2) is 5.25. The van der Waals surface area contributed by atoms with Gasteiger partial charge in [-0.15, -0.1) is 6.42 Å². The fourth-order valence-electron chi connectivity index (χ4n) is 0.648. The van der Waals surface area contributed by atoms with Crippen molar-refractivity contribution in [1.82, 2.24) is 4.90 Å². The summed E-state index contributed by atoms with van der Waals surface area (Å²) in [5.41, 5.74) is 0. The molecule has 48 valence electrons. The number of halogens is 1. The minimum atomic E-state index is 0.167. The number of carbonyl (C=O) groups excluding carboxylic acids is 1. The third kappa shape index (κ3) is 3.21. The first-order chi connectivity index (χ1) is 4.30. The van der Waals surface area contributed by atoms with Gasteiger partial charge in [-0.2, -0.15) is 0 Å². The summed E-state index contributed by atoms with van der Waals surface area (Å²) in [7, 11) is 1.81. The van der Waals surface area contributed by atoms with E-state index in [9.17, 15) is 4.79 Å². The van der Waals surface area contributed by atoms with E-state index in [1.54, 1.807) is 11.3 Å². The van der Waals surface area contributed by atoms with Crippen molar-refractivity contribution in [3.63, 3.8) is 0 Å². The van der Waals surface area contributed by atoms with Crippen LogP contribution < -0.4 is 0 Å². The van der Waals surface area contributed by atoms with Gasteiger partial charge in [0.15, 0.2) is 0 Å². The van der Waals surface area contributed by atoms with Gasteiger partial charge in [-0.1, -0.05) is 0 Å². The fraction of sp³-hybridized carbons (Fsp3) is 0.600. The number of nitrogens with zero attached hydrogens (tertiary/aromatic N) is 1. The molecule has 0 N–H and O–H groups in total. The van der Waals surface area contributed by atoms with Gasteiger partial charge in [0, 0.05) is 7.05 Å². The van der Waals surface area contributed by atoms with Crippen LogP contribution in [-0.2, 0) is 21.1 Å². The first kappa shape index (κ1) is 9.44. The van der Waals surface area contributed by atoms with Crippen molar-refractivity contribution in [2.45, 2.75) is 6.42 Å². The SMILES string of the molecule is CN1CC[CH-]C1=O.[Zn+][Br]. The normalized spacial score (nSPS) is 16.4. The van der Waals surface area contributed by atoms with Crippen LogP contribution >= 0.6 is 13.6 Å². The van der Waals surface area contributed by atoms with Crippen LogP contribution in [-0.4, -0.2) is 24.4 Å². The Morgan fingerprint density at radius 2 is 2.33 bits per heavy atom. The number of rotatable bonds is 0. The number of carbonyl (C=O) groups is 1. The Balaban J connectivity index is 0.000000291. The summed E-state index contributed by atoms with van der Waals surface area (Å²) >= 11 is 4.25. The summed E-state index contributed by atoms with van der Waals surface area (Å²) in [6.45, 7) is 0.902. The van der Waals surface area contributed by atoms with E-state index in [1.165, 1.54) is 16.3 Å². The van der Waals surface area contributed by atoms with Gasteiger partial charge < -0.3 is 16.1 Å². The van der Waals surface area contributed by atoms with Crippen LogP contribution in [0.15, 0.2) is 0 Å². The summed E-state index contributed by atoms with van der Waals surface area (Å²) < 4.78 is 0. The Bertz CT molecular complexity index is 99.0. The van der Waals surface area contributed by atoms with E-state index in [1.807, 2.05) is 7.05 Å². The summed E-state index contributed by atoms with van der Waals surface area (Å²) in [5, 5.41) is 0. The molecular weight excluding hydrogens is 235 g/mol. The van der Waals surface area contributed by atoms with E-state index >= 15 is 0 Å². The number of amides is 1. The molecule has 0 aromatic carbocycles. The molecular formula is C5H8BrNOZn. The maximum absolute atomic E-state index is 10.4. The van der Waals surface area contributed by atoms with Crippen molar-refractivity contribution >= 4 is 19.5 Å². The third-order valence-electron chi connectivity index (χ3n) is 1.16. The van der Waals surface area contributed by atoms with Crippen molar-refractivity contribution in [2.24, 2.45) is 0 Å². The van der Waals surface area contributed by atoms with Crippen molar-refractivity contribution in [2.75, 3.05) is 13.6 Å². The maximum atomic E-state index is 10.4. The first-order valence-corrected chi connectivity index (χ1v) is 9.60. The zero-order valence-electron chi connectivity index (χ0n) is 5.43. The molecule has 1 amide bonds. The zero-order chi connectivity index (χ0) is 7.28. The van der Waals surface area contributed by atoms with E-state index < -0.39 is 0 Å². The molecule has 2 nitrogen and oxygen atoms in total. The fourth-order valence-corrected chi connectivity index (χ4v) is 0.648. The first-order valence-electron chi connectivity index (χ1n) is 2.66. The predicted molar refractivity (Wildman–Crippen MR) is 35.5 cm³/mol. The van der Waals surface area contributed by atoms with Gasteiger partial charge in [-0.05, 0) is 6.54 Å². The number of likely N-dealkylation sites (tertiary alicyclic amines) is 1. The van der Waals surface area contributed by atoms with E-state index in [4.69, 9.17) is 0 Å². The minimum absolute atomic E-state index is 0.167. The number of hydrogen-bond donors (Lipinski definition) is 0. The van der Waals surface area contributed by atoms with Crippen molar-refractivity contribution in [3.05, 3.63) is 6.42 Å². The third-order valence-corrected chi connectivity index (χ3v) is 1.16. The van der Waals surface area contributed by atoms with E-state index in [0.717, 1.165) is 13.0 Å². The van der Waals surface area contributed by atoms with Gasteiger partial charge in [0.1, 0.15) is 0 Å². The average Bonchev–Trinajstić information content (AvgIpc) is 2.23. The quantitative estimate of drug-likeness (QED) is 0.457. The van der Waals surface area contributed by atoms with Crippen LogP contribution in [0.1, 0.15) is 6.42 Å². The van der Waals surface area contributed by atoms with Gasteiger partial charge in [0.05, 0.1) is 5.91 Å². The summed E-state index contributed by atoms with van der Waals surface area (Å²) in [5.74, 6) is 0.167. The Morgan fingerprint density at radius 3 is 2.44 bits per heavy atom. The van der Waals surface area contributed by atoms with Gasteiger partial charge in [0.2, 0.25) is 0 Å².